The van der Waals surface area contributed by atoms with E-state index in [4.69, 9.17) is 27.9 Å². The van der Waals surface area contributed by atoms with E-state index < -0.39 is 0 Å². The van der Waals surface area contributed by atoms with E-state index >= 15 is 0 Å². The van der Waals surface area contributed by atoms with Gasteiger partial charge in [0, 0.05) is 6.42 Å². The summed E-state index contributed by atoms with van der Waals surface area (Å²) in [5.41, 5.74) is 2.45. The van der Waals surface area contributed by atoms with E-state index in [1.54, 1.807) is 31.4 Å². The van der Waals surface area contributed by atoms with Crippen molar-refractivity contribution in [3.8, 4) is 5.75 Å². The van der Waals surface area contributed by atoms with Gasteiger partial charge in [0.1, 0.15) is 5.75 Å². The van der Waals surface area contributed by atoms with E-state index in [-0.39, 0.29) is 12.2 Å². The molecule has 104 valence electrons. The molecule has 0 aromatic heterocycles. The van der Waals surface area contributed by atoms with Gasteiger partial charge in [0.2, 0.25) is 0 Å². The van der Waals surface area contributed by atoms with Gasteiger partial charge in [-0.15, -0.1) is 0 Å². The molecular weight excluding hydrogens is 295 g/mol. The van der Waals surface area contributed by atoms with Crippen molar-refractivity contribution in [3.63, 3.8) is 0 Å². The zero-order chi connectivity index (χ0) is 14.7. The van der Waals surface area contributed by atoms with Gasteiger partial charge in [-0.1, -0.05) is 35.3 Å². The Balaban J connectivity index is 2.25. The Morgan fingerprint density at radius 1 is 1.10 bits per heavy atom. The molecule has 20 heavy (non-hydrogen) atoms. The van der Waals surface area contributed by atoms with Gasteiger partial charge in [-0.3, -0.25) is 4.79 Å². The molecule has 0 bridgehead atoms. The van der Waals surface area contributed by atoms with Crippen molar-refractivity contribution in [1.29, 1.82) is 0 Å². The molecule has 4 heteroatoms. The Morgan fingerprint density at radius 2 is 1.85 bits per heavy atom. The molecule has 0 atom stereocenters. The van der Waals surface area contributed by atoms with E-state index in [0.717, 1.165) is 11.1 Å². The second-order valence-electron chi connectivity index (χ2n) is 4.55. The van der Waals surface area contributed by atoms with Crippen LogP contribution in [-0.4, -0.2) is 12.9 Å². The van der Waals surface area contributed by atoms with Crippen molar-refractivity contribution >= 4 is 29.0 Å². The highest BCUT2D eigenvalue weighted by molar-refractivity contribution is 6.42. The molecule has 0 fully saturated rings. The molecule has 0 amide bonds. The SMILES string of the molecule is COc1cc(C)ccc1C(=O)Cc1ccc(Cl)c(Cl)c1. The zero-order valence-corrected chi connectivity index (χ0v) is 12.8. The first-order valence-electron chi connectivity index (χ1n) is 6.13. The van der Waals surface area contributed by atoms with Gasteiger partial charge in [-0.25, -0.2) is 0 Å². The summed E-state index contributed by atoms with van der Waals surface area (Å²) in [6, 6.07) is 10.7. The van der Waals surface area contributed by atoms with Crippen molar-refractivity contribution < 1.29 is 9.53 Å². The number of ether oxygens (including phenoxy) is 1. The van der Waals surface area contributed by atoms with Crippen molar-refractivity contribution in [2.24, 2.45) is 0 Å². The molecule has 0 heterocycles. The quantitative estimate of drug-likeness (QED) is 0.763. The molecule has 2 aromatic carbocycles. The molecule has 0 saturated carbocycles. The fraction of sp³-hybridized carbons (Fsp3) is 0.188. The summed E-state index contributed by atoms with van der Waals surface area (Å²) in [7, 11) is 1.56. The lowest BCUT2D eigenvalue weighted by Crippen LogP contribution is -2.06. The van der Waals surface area contributed by atoms with Crippen LogP contribution in [-0.2, 0) is 6.42 Å². The minimum atomic E-state index is -0.0137. The Bertz CT molecular complexity index is 651. The standard InChI is InChI=1S/C16H14Cl2O2/c1-10-3-5-12(16(7-10)20-2)15(19)9-11-4-6-13(17)14(18)8-11/h3-8H,9H2,1-2H3. The van der Waals surface area contributed by atoms with Crippen LogP contribution in [0.15, 0.2) is 36.4 Å². The summed E-state index contributed by atoms with van der Waals surface area (Å²) in [6.45, 7) is 1.95. The number of benzene rings is 2. The third-order valence-corrected chi connectivity index (χ3v) is 3.75. The average Bonchev–Trinajstić information content (AvgIpc) is 2.42. The van der Waals surface area contributed by atoms with Crippen molar-refractivity contribution in [2.75, 3.05) is 7.11 Å². The number of ketones is 1. The van der Waals surface area contributed by atoms with Gasteiger partial charge >= 0.3 is 0 Å². The normalized spacial score (nSPS) is 10.4. The highest BCUT2D eigenvalue weighted by Gasteiger charge is 2.13. The summed E-state index contributed by atoms with van der Waals surface area (Å²) in [5.74, 6) is 0.579. The average molecular weight is 309 g/mol. The molecule has 0 aliphatic rings. The number of Topliss-reactive ketones (excluding diaryl/α,β-unsaturated/α-hetero) is 1. The molecule has 0 N–H and O–H groups in total. The summed E-state index contributed by atoms with van der Waals surface area (Å²) < 4.78 is 5.26. The van der Waals surface area contributed by atoms with Crippen molar-refractivity contribution in [3.05, 3.63) is 63.1 Å². The monoisotopic (exact) mass is 308 g/mol. The van der Waals surface area contributed by atoms with Gasteiger partial charge < -0.3 is 4.74 Å². The molecule has 0 aliphatic heterocycles. The number of rotatable bonds is 4. The van der Waals surface area contributed by atoms with Crippen LogP contribution in [0.5, 0.6) is 5.75 Å². The van der Waals surface area contributed by atoms with E-state index in [0.29, 0.717) is 21.4 Å². The summed E-state index contributed by atoms with van der Waals surface area (Å²) in [5, 5.41) is 0.934. The van der Waals surface area contributed by atoms with Gasteiger partial charge in [-0.05, 0) is 42.3 Å². The van der Waals surface area contributed by atoms with Gasteiger partial charge in [0.05, 0.1) is 22.7 Å². The first kappa shape index (κ1) is 14.9. The fourth-order valence-corrected chi connectivity index (χ4v) is 2.28. The van der Waals surface area contributed by atoms with Gasteiger partial charge in [-0.2, -0.15) is 0 Å². The zero-order valence-electron chi connectivity index (χ0n) is 11.2. The summed E-state index contributed by atoms with van der Waals surface area (Å²) in [4.78, 5) is 12.3. The second-order valence-corrected chi connectivity index (χ2v) is 5.37. The number of carbonyl (C=O) groups excluding carboxylic acids is 1. The van der Waals surface area contributed by atoms with Crippen LogP contribution < -0.4 is 4.74 Å². The number of hydrogen-bond acceptors (Lipinski definition) is 2. The lowest BCUT2D eigenvalue weighted by atomic mass is 10.0. The van der Waals surface area contributed by atoms with E-state index in [9.17, 15) is 4.79 Å². The van der Waals surface area contributed by atoms with Crippen LogP contribution in [0.1, 0.15) is 21.5 Å². The molecular formula is C16H14Cl2O2. The number of carbonyl (C=O) groups is 1. The van der Waals surface area contributed by atoms with E-state index in [1.165, 1.54) is 0 Å². The molecule has 0 radical (unpaired) electrons. The van der Waals surface area contributed by atoms with Crippen LogP contribution in [0.25, 0.3) is 0 Å². The fourth-order valence-electron chi connectivity index (χ4n) is 1.96. The Hall–Kier alpha value is -1.51. The maximum absolute atomic E-state index is 12.3. The van der Waals surface area contributed by atoms with Crippen LogP contribution in [0.4, 0.5) is 0 Å². The second kappa shape index (κ2) is 6.29. The highest BCUT2D eigenvalue weighted by Crippen LogP contribution is 2.25. The van der Waals surface area contributed by atoms with E-state index in [1.807, 2.05) is 19.1 Å². The maximum atomic E-state index is 12.3. The summed E-state index contributed by atoms with van der Waals surface area (Å²) in [6.07, 6.45) is 0.260. The predicted molar refractivity (Wildman–Crippen MR) is 82.2 cm³/mol. The Kier molecular flexibility index (Phi) is 4.69. The minimum absolute atomic E-state index is 0.0137. The summed E-state index contributed by atoms with van der Waals surface area (Å²) >= 11 is 11.8. The predicted octanol–water partition coefficient (Wildman–Crippen LogP) is 4.74. The number of hydrogen-bond donors (Lipinski definition) is 0. The lowest BCUT2D eigenvalue weighted by molar-refractivity contribution is 0.0990. The third kappa shape index (κ3) is 3.33. The topological polar surface area (TPSA) is 26.3 Å². The van der Waals surface area contributed by atoms with Gasteiger partial charge in [0.25, 0.3) is 0 Å². The smallest absolute Gasteiger partial charge is 0.170 e. The molecule has 2 aromatic rings. The van der Waals surface area contributed by atoms with Crippen LogP contribution in [0.3, 0.4) is 0 Å². The molecule has 0 aliphatic carbocycles. The lowest BCUT2D eigenvalue weighted by Gasteiger charge is -2.09. The molecule has 0 saturated heterocycles. The van der Waals surface area contributed by atoms with Crippen LogP contribution >= 0.6 is 23.2 Å². The molecule has 2 nitrogen and oxygen atoms in total. The van der Waals surface area contributed by atoms with Crippen molar-refractivity contribution in [2.45, 2.75) is 13.3 Å². The van der Waals surface area contributed by atoms with E-state index in [2.05, 4.69) is 0 Å². The number of aryl methyl sites for hydroxylation is 1. The third-order valence-electron chi connectivity index (χ3n) is 3.01. The Labute approximate surface area is 128 Å². The highest BCUT2D eigenvalue weighted by atomic mass is 35.5. The Morgan fingerprint density at radius 3 is 2.50 bits per heavy atom. The van der Waals surface area contributed by atoms with Crippen molar-refractivity contribution in [1.82, 2.24) is 0 Å². The first-order valence-corrected chi connectivity index (χ1v) is 6.88. The number of halogens is 2. The minimum Gasteiger partial charge on any atom is -0.496 e. The molecule has 2 rings (SSSR count). The first-order chi connectivity index (χ1) is 9.51. The van der Waals surface area contributed by atoms with Gasteiger partial charge in [0.15, 0.2) is 5.78 Å². The molecule has 0 spiro atoms. The number of methoxy groups -OCH3 is 1. The maximum Gasteiger partial charge on any atom is 0.170 e. The van der Waals surface area contributed by atoms with Crippen LogP contribution in [0.2, 0.25) is 10.0 Å². The van der Waals surface area contributed by atoms with Crippen LogP contribution in [0, 0.1) is 6.92 Å². The largest absolute Gasteiger partial charge is 0.496 e. The molecule has 0 unspecified atom stereocenters.